The first-order valence-corrected chi connectivity index (χ1v) is 5.06. The van der Waals surface area contributed by atoms with Crippen molar-refractivity contribution in [3.63, 3.8) is 0 Å². The maximum Gasteiger partial charge on any atom is 0.305 e. The molecule has 0 fully saturated rings. The van der Waals surface area contributed by atoms with Gasteiger partial charge in [-0.15, -0.1) is 0 Å². The molecule has 1 amide bonds. The van der Waals surface area contributed by atoms with Gasteiger partial charge in [-0.25, -0.2) is 17.6 Å². The van der Waals surface area contributed by atoms with E-state index in [0.29, 0.717) is 4.90 Å². The molecule has 0 aromatic heterocycles. The molecule has 0 radical (unpaired) electrons. The van der Waals surface area contributed by atoms with Gasteiger partial charge in [0.1, 0.15) is 5.56 Å². The normalized spacial score (nSPS) is 10.4. The van der Waals surface area contributed by atoms with Gasteiger partial charge in [-0.2, -0.15) is 0 Å². The van der Waals surface area contributed by atoms with Gasteiger partial charge in [0.25, 0.3) is 5.91 Å². The molecule has 0 spiro atoms. The average Bonchev–Trinajstić information content (AvgIpc) is 2.33. The Hall–Kier alpha value is -2.12. The lowest BCUT2D eigenvalue weighted by molar-refractivity contribution is -0.137. The topological polar surface area (TPSA) is 57.6 Å². The van der Waals surface area contributed by atoms with E-state index in [4.69, 9.17) is 5.11 Å². The summed E-state index contributed by atoms with van der Waals surface area (Å²) in [7, 11) is 1.06. The fourth-order valence-corrected chi connectivity index (χ4v) is 1.32. The van der Waals surface area contributed by atoms with E-state index >= 15 is 0 Å². The highest BCUT2D eigenvalue weighted by atomic mass is 19.2. The average molecular weight is 279 g/mol. The van der Waals surface area contributed by atoms with Crippen LogP contribution in [0.1, 0.15) is 16.8 Å². The zero-order valence-electron chi connectivity index (χ0n) is 9.71. The van der Waals surface area contributed by atoms with Crippen LogP contribution in [0.5, 0.6) is 0 Å². The number of carbonyl (C=O) groups excluding carboxylic acids is 1. The molecular weight excluding hydrogens is 270 g/mol. The molecule has 19 heavy (non-hydrogen) atoms. The second-order valence-electron chi connectivity index (χ2n) is 3.71. The number of nitrogens with zero attached hydrogens (tertiary/aromatic N) is 1. The van der Waals surface area contributed by atoms with E-state index < -0.39 is 47.1 Å². The van der Waals surface area contributed by atoms with E-state index in [1.165, 1.54) is 0 Å². The van der Waals surface area contributed by atoms with Crippen molar-refractivity contribution in [3.8, 4) is 0 Å². The van der Waals surface area contributed by atoms with Crippen LogP contribution in [0.3, 0.4) is 0 Å². The molecule has 0 bridgehead atoms. The van der Waals surface area contributed by atoms with Gasteiger partial charge in [0.15, 0.2) is 23.3 Å². The summed E-state index contributed by atoms with van der Waals surface area (Å²) in [5.74, 6) is -9.60. The van der Waals surface area contributed by atoms with E-state index in [2.05, 4.69) is 0 Å². The molecule has 1 aromatic carbocycles. The zero-order chi connectivity index (χ0) is 14.7. The number of carbonyl (C=O) groups is 2. The van der Waals surface area contributed by atoms with E-state index in [1.54, 1.807) is 0 Å². The van der Waals surface area contributed by atoms with Gasteiger partial charge in [-0.1, -0.05) is 0 Å². The third kappa shape index (κ3) is 3.21. The van der Waals surface area contributed by atoms with Crippen molar-refractivity contribution in [2.24, 2.45) is 0 Å². The molecule has 0 unspecified atom stereocenters. The van der Waals surface area contributed by atoms with Crippen molar-refractivity contribution >= 4 is 11.9 Å². The van der Waals surface area contributed by atoms with Crippen LogP contribution in [-0.4, -0.2) is 35.5 Å². The number of carboxylic acids is 1. The lowest BCUT2D eigenvalue weighted by Crippen LogP contribution is -2.31. The maximum atomic E-state index is 13.3. The van der Waals surface area contributed by atoms with Gasteiger partial charge in [0.05, 0.1) is 6.42 Å². The third-order valence-electron chi connectivity index (χ3n) is 2.33. The smallest absolute Gasteiger partial charge is 0.305 e. The van der Waals surface area contributed by atoms with Crippen LogP contribution in [0.15, 0.2) is 6.07 Å². The summed E-state index contributed by atoms with van der Waals surface area (Å²) in [6.07, 6.45) is -0.469. The molecule has 0 saturated heterocycles. The molecule has 104 valence electrons. The fourth-order valence-electron chi connectivity index (χ4n) is 1.32. The highest BCUT2D eigenvalue weighted by Crippen LogP contribution is 2.20. The van der Waals surface area contributed by atoms with Gasteiger partial charge < -0.3 is 10.0 Å². The van der Waals surface area contributed by atoms with Gasteiger partial charge in [0, 0.05) is 19.7 Å². The van der Waals surface area contributed by atoms with Crippen LogP contribution in [-0.2, 0) is 4.79 Å². The molecule has 1 rings (SSSR count). The first-order chi connectivity index (χ1) is 8.75. The molecule has 0 aliphatic carbocycles. The number of halogens is 4. The summed E-state index contributed by atoms with van der Waals surface area (Å²) in [6.45, 7) is -0.356. The SMILES string of the molecule is CN(CCC(=O)O)C(=O)c1c(F)c(F)cc(F)c1F. The van der Waals surface area contributed by atoms with E-state index in [-0.39, 0.29) is 12.6 Å². The molecule has 0 aliphatic rings. The van der Waals surface area contributed by atoms with Crippen LogP contribution in [0.4, 0.5) is 17.6 Å². The second kappa shape index (κ2) is 5.68. The molecule has 0 atom stereocenters. The summed E-state index contributed by atoms with van der Waals surface area (Å²) >= 11 is 0. The number of hydrogen-bond acceptors (Lipinski definition) is 2. The highest BCUT2D eigenvalue weighted by molar-refractivity contribution is 5.94. The van der Waals surface area contributed by atoms with Gasteiger partial charge in [0.2, 0.25) is 0 Å². The van der Waals surface area contributed by atoms with Crippen LogP contribution in [0.25, 0.3) is 0 Å². The Morgan fingerprint density at radius 1 is 1.16 bits per heavy atom. The summed E-state index contributed by atoms with van der Waals surface area (Å²) < 4.78 is 52.4. The Balaban J connectivity index is 3.09. The number of rotatable bonds is 4. The molecule has 4 nitrogen and oxygen atoms in total. The largest absolute Gasteiger partial charge is 0.481 e. The molecule has 8 heteroatoms. The predicted molar refractivity (Wildman–Crippen MR) is 55.5 cm³/mol. The number of amides is 1. The minimum Gasteiger partial charge on any atom is -0.481 e. The predicted octanol–water partition coefficient (Wildman–Crippen LogP) is 1.79. The lowest BCUT2D eigenvalue weighted by atomic mass is 10.1. The molecule has 0 aliphatic heterocycles. The van der Waals surface area contributed by atoms with Crippen LogP contribution in [0, 0.1) is 23.3 Å². The Morgan fingerprint density at radius 3 is 2.05 bits per heavy atom. The Kier molecular flexibility index (Phi) is 4.47. The molecule has 1 aromatic rings. The number of benzene rings is 1. The standard InChI is InChI=1S/C11H9F4NO3/c1-16(3-2-7(17)18)11(19)8-9(14)5(12)4-6(13)10(8)15/h4H,2-3H2,1H3,(H,17,18). The number of hydrogen-bond donors (Lipinski definition) is 1. The quantitative estimate of drug-likeness (QED) is 0.675. The van der Waals surface area contributed by atoms with Gasteiger partial charge >= 0.3 is 5.97 Å². The van der Waals surface area contributed by atoms with Crippen molar-refractivity contribution in [1.29, 1.82) is 0 Å². The highest BCUT2D eigenvalue weighted by Gasteiger charge is 2.27. The summed E-state index contributed by atoms with van der Waals surface area (Å²) in [5.41, 5.74) is -1.38. The van der Waals surface area contributed by atoms with Crippen molar-refractivity contribution in [1.82, 2.24) is 4.90 Å². The Morgan fingerprint density at radius 2 is 1.63 bits per heavy atom. The first kappa shape index (κ1) is 14.9. The first-order valence-electron chi connectivity index (χ1n) is 5.06. The summed E-state index contributed by atoms with van der Waals surface area (Å²) in [6, 6.07) is -0.0152. The van der Waals surface area contributed by atoms with Crippen molar-refractivity contribution in [2.75, 3.05) is 13.6 Å². The van der Waals surface area contributed by atoms with Crippen LogP contribution >= 0.6 is 0 Å². The lowest BCUT2D eigenvalue weighted by Gasteiger charge is -2.17. The van der Waals surface area contributed by atoms with E-state index in [0.717, 1.165) is 7.05 Å². The Labute approximate surface area is 105 Å². The van der Waals surface area contributed by atoms with Gasteiger partial charge in [-0.3, -0.25) is 9.59 Å². The molecular formula is C11H9F4NO3. The van der Waals surface area contributed by atoms with E-state index in [1.807, 2.05) is 0 Å². The fraction of sp³-hybridized carbons (Fsp3) is 0.273. The summed E-state index contributed by atoms with van der Waals surface area (Å²) in [4.78, 5) is 22.6. The maximum absolute atomic E-state index is 13.3. The third-order valence-corrected chi connectivity index (χ3v) is 2.33. The minimum absolute atomic E-state index is 0.0152. The second-order valence-corrected chi connectivity index (χ2v) is 3.71. The number of aliphatic carboxylic acids is 1. The molecule has 1 N–H and O–H groups in total. The number of carboxylic acid groups (broad SMARTS) is 1. The monoisotopic (exact) mass is 279 g/mol. The molecule has 0 heterocycles. The molecule has 0 saturated carbocycles. The van der Waals surface area contributed by atoms with Crippen LogP contribution < -0.4 is 0 Å². The van der Waals surface area contributed by atoms with Crippen molar-refractivity contribution < 1.29 is 32.3 Å². The van der Waals surface area contributed by atoms with Gasteiger partial charge in [-0.05, 0) is 0 Å². The summed E-state index contributed by atoms with van der Waals surface area (Å²) in [5, 5.41) is 8.41. The van der Waals surface area contributed by atoms with Crippen molar-refractivity contribution in [2.45, 2.75) is 6.42 Å². The zero-order valence-corrected chi connectivity index (χ0v) is 9.71. The van der Waals surface area contributed by atoms with E-state index in [9.17, 15) is 27.2 Å². The Bertz CT molecular complexity index is 507. The minimum atomic E-state index is -1.81. The van der Waals surface area contributed by atoms with Crippen molar-refractivity contribution in [3.05, 3.63) is 34.9 Å². The van der Waals surface area contributed by atoms with Crippen LogP contribution in [0.2, 0.25) is 0 Å².